The van der Waals surface area contributed by atoms with Gasteiger partial charge < -0.3 is 20.6 Å². The highest BCUT2D eigenvalue weighted by Gasteiger charge is 2.06. The van der Waals surface area contributed by atoms with Gasteiger partial charge in [0.2, 0.25) is 0 Å². The van der Waals surface area contributed by atoms with Crippen molar-refractivity contribution in [1.82, 2.24) is 5.01 Å². The molecule has 0 saturated carbocycles. The zero-order valence-corrected chi connectivity index (χ0v) is 11.6. The van der Waals surface area contributed by atoms with Gasteiger partial charge in [0.25, 0.3) is 0 Å². The summed E-state index contributed by atoms with van der Waals surface area (Å²) in [6, 6.07) is 0. The minimum atomic E-state index is -0.480. The van der Waals surface area contributed by atoms with Crippen molar-refractivity contribution in [1.29, 1.82) is 0 Å². The molecule has 0 aromatic rings. The molecular weight excluding hydrogens is 258 g/mol. The molecule has 0 amide bonds. The lowest BCUT2D eigenvalue weighted by molar-refractivity contribution is -0.139. The number of hydrogen-bond donors (Lipinski definition) is 3. The summed E-state index contributed by atoms with van der Waals surface area (Å²) < 4.78 is 4.88. The van der Waals surface area contributed by atoms with Crippen LogP contribution in [-0.2, 0) is 9.53 Å². The maximum absolute atomic E-state index is 11.1. The third-order valence-corrected chi connectivity index (χ3v) is 2.22. The lowest BCUT2D eigenvalue weighted by Crippen LogP contribution is -2.31. The molecule has 20 heavy (non-hydrogen) atoms. The lowest BCUT2D eigenvalue weighted by Gasteiger charge is -2.15. The smallest absolute Gasteiger partial charge is 0.333 e. The number of nitrogens with two attached hydrogens (primary N) is 2. The van der Waals surface area contributed by atoms with Crippen LogP contribution in [0.4, 0.5) is 0 Å². The van der Waals surface area contributed by atoms with Crippen molar-refractivity contribution in [2.75, 3.05) is 13.2 Å². The molecule has 0 aromatic heterocycles. The summed E-state index contributed by atoms with van der Waals surface area (Å²) in [6.07, 6.45) is 4.02. The number of allylic oxidation sites excluding steroid dienone is 2. The van der Waals surface area contributed by atoms with Crippen LogP contribution in [0.1, 0.15) is 6.92 Å². The van der Waals surface area contributed by atoms with Crippen LogP contribution in [0.15, 0.2) is 60.7 Å². The van der Waals surface area contributed by atoms with Gasteiger partial charge in [-0.2, -0.15) is 0 Å². The Hall–Kier alpha value is -2.47. The second-order valence-corrected chi connectivity index (χ2v) is 3.95. The molecule has 0 aliphatic carbocycles. The average Bonchev–Trinajstić information content (AvgIpc) is 2.38. The molecule has 0 aliphatic heterocycles. The maximum Gasteiger partial charge on any atom is 0.333 e. The van der Waals surface area contributed by atoms with Crippen molar-refractivity contribution in [3.05, 3.63) is 60.7 Å². The van der Waals surface area contributed by atoms with Crippen molar-refractivity contribution in [3.8, 4) is 0 Å². The Morgan fingerprint density at radius 3 is 2.45 bits per heavy atom. The summed E-state index contributed by atoms with van der Waals surface area (Å²) >= 11 is 0. The van der Waals surface area contributed by atoms with Crippen LogP contribution in [-0.4, -0.2) is 29.2 Å². The molecular formula is C14H21N3O3. The van der Waals surface area contributed by atoms with E-state index in [1.54, 1.807) is 6.92 Å². The zero-order valence-electron chi connectivity index (χ0n) is 11.6. The van der Waals surface area contributed by atoms with Crippen molar-refractivity contribution in [2.24, 2.45) is 11.6 Å². The highest BCUT2D eigenvalue weighted by molar-refractivity contribution is 5.86. The van der Waals surface area contributed by atoms with E-state index in [9.17, 15) is 9.90 Å². The third kappa shape index (κ3) is 5.92. The minimum Gasteiger partial charge on any atom is -0.507 e. The van der Waals surface area contributed by atoms with E-state index >= 15 is 0 Å². The number of hydrogen-bond acceptors (Lipinski definition) is 6. The molecule has 0 heterocycles. The van der Waals surface area contributed by atoms with Crippen molar-refractivity contribution >= 4 is 5.97 Å². The fourth-order valence-corrected chi connectivity index (χ4v) is 1.16. The highest BCUT2D eigenvalue weighted by atomic mass is 16.5. The number of rotatable bonds is 8. The second kappa shape index (κ2) is 8.60. The van der Waals surface area contributed by atoms with Crippen LogP contribution in [0.5, 0.6) is 0 Å². The van der Waals surface area contributed by atoms with E-state index in [1.807, 2.05) is 0 Å². The van der Waals surface area contributed by atoms with E-state index in [2.05, 4.69) is 19.7 Å². The summed E-state index contributed by atoms with van der Waals surface area (Å²) in [4.78, 5) is 11.1. The molecule has 0 saturated heterocycles. The predicted molar refractivity (Wildman–Crippen MR) is 79.0 cm³/mol. The van der Waals surface area contributed by atoms with Crippen LogP contribution < -0.4 is 11.6 Å². The summed E-state index contributed by atoms with van der Waals surface area (Å²) in [5.74, 6) is 5.09. The Morgan fingerprint density at radius 1 is 1.40 bits per heavy atom. The van der Waals surface area contributed by atoms with E-state index in [0.29, 0.717) is 11.1 Å². The first-order valence-electron chi connectivity index (χ1n) is 5.83. The number of aliphatic hydroxyl groups is 1. The lowest BCUT2D eigenvalue weighted by atomic mass is 10.1. The number of esters is 1. The standard InChI is InChI=1S/C14H21N3O3/c1-5-11(13(18)6-2)12(15)9-17(16)7-8-20-14(19)10(3)4/h5-6,9,18H,1-3,7-8,15-16H2,4H3/b12-9-,13-11-. The highest BCUT2D eigenvalue weighted by Crippen LogP contribution is 2.11. The second-order valence-electron chi connectivity index (χ2n) is 3.95. The van der Waals surface area contributed by atoms with Crippen LogP contribution in [0.3, 0.4) is 0 Å². The Labute approximate surface area is 119 Å². The van der Waals surface area contributed by atoms with E-state index in [-0.39, 0.29) is 24.6 Å². The Kier molecular flexibility index (Phi) is 7.54. The molecule has 110 valence electrons. The van der Waals surface area contributed by atoms with Crippen molar-refractivity contribution in [2.45, 2.75) is 6.92 Å². The van der Waals surface area contributed by atoms with Crippen molar-refractivity contribution in [3.63, 3.8) is 0 Å². The molecule has 0 fully saturated rings. The van der Waals surface area contributed by atoms with Gasteiger partial charge in [-0.15, -0.1) is 0 Å². The van der Waals surface area contributed by atoms with E-state index < -0.39 is 5.97 Å². The Bertz CT molecular complexity index is 464. The van der Waals surface area contributed by atoms with E-state index in [0.717, 1.165) is 0 Å². The molecule has 6 heteroatoms. The van der Waals surface area contributed by atoms with Crippen LogP contribution in [0.25, 0.3) is 0 Å². The molecule has 0 aromatic carbocycles. The zero-order chi connectivity index (χ0) is 15.7. The molecule has 0 radical (unpaired) electrons. The van der Waals surface area contributed by atoms with Gasteiger partial charge in [0.1, 0.15) is 12.4 Å². The summed E-state index contributed by atoms with van der Waals surface area (Å²) in [7, 11) is 0. The number of carbonyl (C=O) groups excluding carboxylic acids is 1. The third-order valence-electron chi connectivity index (χ3n) is 2.22. The summed E-state index contributed by atoms with van der Waals surface area (Å²) in [5.41, 5.74) is 6.61. The van der Waals surface area contributed by atoms with Gasteiger partial charge in [0.05, 0.1) is 12.2 Å². The largest absolute Gasteiger partial charge is 0.507 e. The van der Waals surface area contributed by atoms with Gasteiger partial charge in [0, 0.05) is 17.3 Å². The quantitative estimate of drug-likeness (QED) is 0.154. The fourth-order valence-electron chi connectivity index (χ4n) is 1.16. The van der Waals surface area contributed by atoms with Gasteiger partial charge in [0.15, 0.2) is 0 Å². The van der Waals surface area contributed by atoms with Gasteiger partial charge in [-0.1, -0.05) is 25.8 Å². The molecule has 5 N–H and O–H groups in total. The van der Waals surface area contributed by atoms with E-state index in [1.165, 1.54) is 23.4 Å². The Balaban J connectivity index is 4.57. The summed E-state index contributed by atoms with van der Waals surface area (Å²) in [6.45, 7) is 12.3. The SMILES string of the molecule is C=C/C(O)=C(C=C)/C(N)=C/N(N)CCOC(=O)C(=C)C. The number of carbonyl (C=O) groups is 1. The van der Waals surface area contributed by atoms with Gasteiger partial charge >= 0.3 is 5.97 Å². The first-order chi connectivity index (χ1) is 9.33. The van der Waals surface area contributed by atoms with Gasteiger partial charge in [-0.3, -0.25) is 0 Å². The Morgan fingerprint density at radius 2 is 2.00 bits per heavy atom. The van der Waals surface area contributed by atoms with Crippen LogP contribution in [0, 0.1) is 0 Å². The van der Waals surface area contributed by atoms with Crippen LogP contribution in [0.2, 0.25) is 0 Å². The molecule has 0 bridgehead atoms. The van der Waals surface area contributed by atoms with Gasteiger partial charge in [-0.05, 0) is 13.0 Å². The maximum atomic E-state index is 11.1. The van der Waals surface area contributed by atoms with Crippen molar-refractivity contribution < 1.29 is 14.6 Å². The monoisotopic (exact) mass is 279 g/mol. The number of hydrazine groups is 1. The molecule has 0 unspecified atom stereocenters. The topological polar surface area (TPSA) is 102 Å². The first-order valence-corrected chi connectivity index (χ1v) is 5.83. The van der Waals surface area contributed by atoms with E-state index in [4.69, 9.17) is 16.3 Å². The van der Waals surface area contributed by atoms with Crippen LogP contribution >= 0.6 is 0 Å². The average molecular weight is 279 g/mol. The normalized spacial score (nSPS) is 12.2. The molecule has 0 rings (SSSR count). The molecule has 0 aliphatic rings. The minimum absolute atomic E-state index is 0.0898. The molecule has 0 atom stereocenters. The first kappa shape index (κ1) is 17.5. The molecule has 0 spiro atoms. The fraction of sp³-hybridized carbons (Fsp3) is 0.214. The summed E-state index contributed by atoms with van der Waals surface area (Å²) in [5, 5.41) is 10.8. The number of nitrogens with zero attached hydrogens (tertiary/aromatic N) is 1. The number of ether oxygens (including phenoxy) is 1. The molecule has 6 nitrogen and oxygen atoms in total. The predicted octanol–water partition coefficient (Wildman–Crippen LogP) is 1.27. The number of aliphatic hydroxyl groups excluding tert-OH is 1. The van der Waals surface area contributed by atoms with Gasteiger partial charge in [-0.25, -0.2) is 10.6 Å².